The molecule has 1 saturated carbocycles. The minimum atomic E-state index is -3.62. The van der Waals surface area contributed by atoms with Crippen LogP contribution in [-0.2, 0) is 20.3 Å². The zero-order chi connectivity index (χ0) is 17.2. The van der Waals surface area contributed by atoms with Crippen LogP contribution in [0.3, 0.4) is 0 Å². The molecule has 1 aromatic heterocycles. The Morgan fingerprint density at radius 3 is 2.80 bits per heavy atom. The molecule has 0 unspecified atom stereocenters. The van der Waals surface area contributed by atoms with E-state index in [2.05, 4.69) is 14.9 Å². The van der Waals surface area contributed by atoms with Crippen LogP contribution in [0.15, 0.2) is 33.7 Å². The molecule has 25 heavy (non-hydrogen) atoms. The molecule has 0 bridgehead atoms. The van der Waals surface area contributed by atoms with Crippen LogP contribution in [0.4, 0.5) is 0 Å². The maximum Gasteiger partial charge on any atom is 0.258 e. The first-order chi connectivity index (χ1) is 11.4. The summed E-state index contributed by atoms with van der Waals surface area (Å²) in [6.45, 7) is 0.494. The second-order valence-electron chi connectivity index (χ2n) is 5.85. The minimum Gasteiger partial charge on any atom is -0.383 e. The number of aromatic nitrogens is 2. The van der Waals surface area contributed by atoms with E-state index in [0.29, 0.717) is 18.0 Å². The van der Waals surface area contributed by atoms with Gasteiger partial charge in [-0.1, -0.05) is 11.2 Å². The Labute approximate surface area is 152 Å². The molecule has 1 aliphatic carbocycles. The molecule has 3 N–H and O–H groups in total. The number of nitrogens with two attached hydrogens (primary N) is 1. The quantitative estimate of drug-likeness (QED) is 0.688. The zero-order valence-corrected chi connectivity index (χ0v) is 15.4. The van der Waals surface area contributed by atoms with Gasteiger partial charge in [-0.15, -0.1) is 12.4 Å². The van der Waals surface area contributed by atoms with Crippen molar-refractivity contribution in [2.24, 2.45) is 5.73 Å². The second-order valence-corrected chi connectivity index (χ2v) is 7.62. The highest BCUT2D eigenvalue weighted by molar-refractivity contribution is 7.89. The topological polar surface area (TPSA) is 120 Å². The third-order valence-electron chi connectivity index (χ3n) is 4.11. The van der Waals surface area contributed by atoms with Crippen molar-refractivity contribution in [2.75, 3.05) is 20.3 Å². The first kappa shape index (κ1) is 19.8. The van der Waals surface area contributed by atoms with E-state index in [1.807, 2.05) is 0 Å². The molecule has 1 aromatic carbocycles. The number of halogens is 1. The van der Waals surface area contributed by atoms with E-state index in [-0.39, 0.29) is 29.7 Å². The molecular formula is C15H21ClN4O4S. The highest BCUT2D eigenvalue weighted by Gasteiger charge is 2.39. The Kier molecular flexibility index (Phi) is 6.17. The van der Waals surface area contributed by atoms with Gasteiger partial charge in [-0.2, -0.15) is 4.98 Å². The van der Waals surface area contributed by atoms with Crippen LogP contribution in [0.2, 0.25) is 0 Å². The Morgan fingerprint density at radius 1 is 1.40 bits per heavy atom. The first-order valence-electron chi connectivity index (χ1n) is 7.67. The van der Waals surface area contributed by atoms with Crippen LogP contribution in [0.25, 0.3) is 11.5 Å². The molecule has 0 radical (unpaired) electrons. The number of nitrogens with one attached hydrogen (secondary N) is 1. The molecule has 10 heteroatoms. The largest absolute Gasteiger partial charge is 0.383 e. The normalized spacial score (nSPS) is 16.1. The average Bonchev–Trinajstić information content (AvgIpc) is 3.03. The molecule has 2 aromatic rings. The first-order valence-corrected chi connectivity index (χ1v) is 9.15. The van der Waals surface area contributed by atoms with E-state index in [0.717, 1.165) is 19.3 Å². The van der Waals surface area contributed by atoms with Crippen LogP contribution in [-0.4, -0.2) is 38.8 Å². The summed E-state index contributed by atoms with van der Waals surface area (Å²) in [6.07, 6.45) is 2.69. The van der Waals surface area contributed by atoms with Gasteiger partial charge in [0.15, 0.2) is 5.82 Å². The van der Waals surface area contributed by atoms with Crippen molar-refractivity contribution in [3.63, 3.8) is 0 Å². The van der Waals surface area contributed by atoms with Gasteiger partial charge in [0.1, 0.15) is 0 Å². The third kappa shape index (κ3) is 4.18. The molecule has 0 spiro atoms. The molecule has 8 nitrogen and oxygen atoms in total. The number of ether oxygens (including phenoxy) is 1. The van der Waals surface area contributed by atoms with E-state index < -0.39 is 15.6 Å². The highest BCUT2D eigenvalue weighted by atomic mass is 35.5. The number of methoxy groups -OCH3 is 1. The van der Waals surface area contributed by atoms with Gasteiger partial charge < -0.3 is 15.0 Å². The average molecular weight is 389 g/mol. The molecule has 1 fully saturated rings. The number of rotatable bonds is 7. The van der Waals surface area contributed by atoms with Crippen molar-refractivity contribution in [1.82, 2.24) is 14.9 Å². The predicted molar refractivity (Wildman–Crippen MR) is 93.8 cm³/mol. The standard InChI is InChI=1S/C15H20N4O4S.ClH/c1-22-9-8-17-24(20,21)12-5-2-4-11(10-12)13-18-14(19-23-13)15(16)6-3-7-15;/h2,4-5,10,17H,3,6-9,16H2,1H3;1H. The number of sulfonamides is 1. The third-order valence-corrected chi connectivity index (χ3v) is 5.57. The summed E-state index contributed by atoms with van der Waals surface area (Å²) in [5.74, 6) is 0.728. The van der Waals surface area contributed by atoms with Crippen LogP contribution >= 0.6 is 12.4 Å². The lowest BCUT2D eigenvalue weighted by atomic mass is 9.77. The molecular weight excluding hydrogens is 368 g/mol. The monoisotopic (exact) mass is 388 g/mol. The Balaban J connectivity index is 0.00000225. The second kappa shape index (κ2) is 7.79. The smallest absolute Gasteiger partial charge is 0.258 e. The summed E-state index contributed by atoms with van der Waals surface area (Å²) in [7, 11) is -2.11. The van der Waals surface area contributed by atoms with Crippen LogP contribution in [0.5, 0.6) is 0 Å². The van der Waals surface area contributed by atoms with E-state index in [1.165, 1.54) is 19.2 Å². The summed E-state index contributed by atoms with van der Waals surface area (Å²) in [5.41, 5.74) is 6.19. The van der Waals surface area contributed by atoms with Gasteiger partial charge in [0.05, 0.1) is 17.0 Å². The van der Waals surface area contributed by atoms with Gasteiger partial charge in [0.2, 0.25) is 10.0 Å². The summed E-state index contributed by atoms with van der Waals surface area (Å²) in [5, 5.41) is 3.95. The molecule has 1 aliphatic rings. The van der Waals surface area contributed by atoms with Gasteiger partial charge >= 0.3 is 0 Å². The van der Waals surface area contributed by atoms with Gasteiger partial charge in [-0.25, -0.2) is 13.1 Å². The number of nitrogens with zero attached hydrogens (tertiary/aromatic N) is 2. The van der Waals surface area contributed by atoms with Crippen molar-refractivity contribution >= 4 is 22.4 Å². The predicted octanol–water partition coefficient (Wildman–Crippen LogP) is 1.42. The molecule has 138 valence electrons. The highest BCUT2D eigenvalue weighted by Crippen LogP contribution is 2.37. The van der Waals surface area contributed by atoms with Crippen molar-refractivity contribution in [1.29, 1.82) is 0 Å². The fraction of sp³-hybridized carbons (Fsp3) is 0.467. The van der Waals surface area contributed by atoms with Gasteiger partial charge in [0, 0.05) is 19.2 Å². The van der Waals surface area contributed by atoms with E-state index in [9.17, 15) is 8.42 Å². The lowest BCUT2D eigenvalue weighted by molar-refractivity contribution is 0.204. The lowest BCUT2D eigenvalue weighted by Gasteiger charge is -2.34. The minimum absolute atomic E-state index is 0. The Bertz CT molecular complexity index is 820. The molecule has 3 rings (SSSR count). The number of benzene rings is 1. The van der Waals surface area contributed by atoms with E-state index in [4.69, 9.17) is 15.0 Å². The number of hydrogen-bond acceptors (Lipinski definition) is 7. The molecule has 0 saturated heterocycles. The van der Waals surface area contributed by atoms with Crippen LogP contribution in [0, 0.1) is 0 Å². The van der Waals surface area contributed by atoms with E-state index >= 15 is 0 Å². The summed E-state index contributed by atoms with van der Waals surface area (Å²) in [6, 6.07) is 6.35. The summed E-state index contributed by atoms with van der Waals surface area (Å²) >= 11 is 0. The van der Waals surface area contributed by atoms with Gasteiger partial charge in [0.25, 0.3) is 5.89 Å². The maximum atomic E-state index is 12.3. The van der Waals surface area contributed by atoms with Crippen molar-refractivity contribution in [3.05, 3.63) is 30.1 Å². The fourth-order valence-electron chi connectivity index (χ4n) is 2.48. The molecule has 0 amide bonds. The lowest BCUT2D eigenvalue weighted by Crippen LogP contribution is -2.44. The summed E-state index contributed by atoms with van der Waals surface area (Å²) in [4.78, 5) is 4.46. The van der Waals surface area contributed by atoms with Crippen LogP contribution < -0.4 is 10.5 Å². The maximum absolute atomic E-state index is 12.3. The molecule has 1 heterocycles. The zero-order valence-electron chi connectivity index (χ0n) is 13.8. The van der Waals surface area contributed by atoms with Gasteiger partial charge in [-0.05, 0) is 37.5 Å². The number of hydrogen-bond donors (Lipinski definition) is 2. The van der Waals surface area contributed by atoms with Crippen molar-refractivity contribution in [3.8, 4) is 11.5 Å². The Hall–Kier alpha value is -1.52. The Morgan fingerprint density at radius 2 is 2.16 bits per heavy atom. The van der Waals surface area contributed by atoms with E-state index in [1.54, 1.807) is 12.1 Å². The fourth-order valence-corrected chi connectivity index (χ4v) is 3.54. The van der Waals surface area contributed by atoms with Crippen molar-refractivity contribution in [2.45, 2.75) is 29.7 Å². The van der Waals surface area contributed by atoms with Crippen LogP contribution in [0.1, 0.15) is 25.1 Å². The van der Waals surface area contributed by atoms with Gasteiger partial charge in [-0.3, -0.25) is 0 Å². The molecule has 0 aliphatic heterocycles. The SMILES string of the molecule is COCCNS(=O)(=O)c1cccc(-c2nc(C3(N)CCC3)no2)c1.Cl. The molecule has 0 atom stereocenters. The van der Waals surface area contributed by atoms with Crippen molar-refractivity contribution < 1.29 is 17.7 Å². The summed E-state index contributed by atoms with van der Waals surface area (Å²) < 4.78 is 37.1.